The molecule has 1 fully saturated rings. The van der Waals surface area contributed by atoms with E-state index in [-0.39, 0.29) is 5.92 Å². The molecular weight excluding hydrogens is 253 g/mol. The molecule has 1 aliphatic carbocycles. The summed E-state index contributed by atoms with van der Waals surface area (Å²) in [5.74, 6) is 0.784. The first-order valence-corrected chi connectivity index (χ1v) is 6.72. The Morgan fingerprint density at radius 1 is 1.21 bits per heavy atom. The molecule has 0 aliphatic heterocycles. The standard InChI is InChI=1S/C15H19F3O/c1-10-3-2-4-13(10)14(19)9-11-5-7-12(8-6-11)15(16,17)18/h5-8,10,13-14,19H,2-4,9H2,1H3. The van der Waals surface area contributed by atoms with Crippen LogP contribution in [0.25, 0.3) is 0 Å². The third-order valence-electron chi connectivity index (χ3n) is 4.15. The van der Waals surface area contributed by atoms with Crippen molar-refractivity contribution in [2.24, 2.45) is 11.8 Å². The van der Waals surface area contributed by atoms with Gasteiger partial charge in [0, 0.05) is 0 Å². The van der Waals surface area contributed by atoms with Crippen LogP contribution in [0.15, 0.2) is 24.3 Å². The second-order valence-electron chi connectivity index (χ2n) is 5.54. The lowest BCUT2D eigenvalue weighted by molar-refractivity contribution is -0.137. The van der Waals surface area contributed by atoms with E-state index in [0.717, 1.165) is 37.0 Å². The van der Waals surface area contributed by atoms with Crippen molar-refractivity contribution in [1.82, 2.24) is 0 Å². The molecule has 1 aromatic rings. The van der Waals surface area contributed by atoms with Crippen LogP contribution < -0.4 is 0 Å². The molecule has 2 rings (SSSR count). The fourth-order valence-electron chi connectivity index (χ4n) is 2.97. The van der Waals surface area contributed by atoms with Gasteiger partial charge in [0.2, 0.25) is 0 Å². The first kappa shape index (κ1) is 14.4. The molecule has 1 aliphatic rings. The third-order valence-corrected chi connectivity index (χ3v) is 4.15. The number of benzene rings is 1. The summed E-state index contributed by atoms with van der Waals surface area (Å²) in [6, 6.07) is 5.09. The van der Waals surface area contributed by atoms with Crippen LogP contribution in [0.4, 0.5) is 13.2 Å². The molecule has 4 heteroatoms. The summed E-state index contributed by atoms with van der Waals surface area (Å²) in [6.45, 7) is 2.13. The summed E-state index contributed by atoms with van der Waals surface area (Å²) in [7, 11) is 0. The minimum Gasteiger partial charge on any atom is -0.392 e. The molecule has 106 valence electrons. The average Bonchev–Trinajstić information content (AvgIpc) is 2.75. The van der Waals surface area contributed by atoms with Crippen molar-refractivity contribution < 1.29 is 18.3 Å². The summed E-state index contributed by atoms with van der Waals surface area (Å²) < 4.78 is 37.3. The van der Waals surface area contributed by atoms with E-state index >= 15 is 0 Å². The van der Waals surface area contributed by atoms with Crippen molar-refractivity contribution in [3.05, 3.63) is 35.4 Å². The maximum absolute atomic E-state index is 12.4. The van der Waals surface area contributed by atoms with E-state index in [4.69, 9.17) is 0 Å². The summed E-state index contributed by atoms with van der Waals surface area (Å²) in [5.41, 5.74) is 0.125. The quantitative estimate of drug-likeness (QED) is 0.880. The van der Waals surface area contributed by atoms with Crippen molar-refractivity contribution in [3.8, 4) is 0 Å². The Bertz CT molecular complexity index is 410. The highest BCUT2D eigenvalue weighted by Crippen LogP contribution is 2.35. The van der Waals surface area contributed by atoms with Crippen molar-refractivity contribution in [3.63, 3.8) is 0 Å². The fraction of sp³-hybridized carbons (Fsp3) is 0.600. The monoisotopic (exact) mass is 272 g/mol. The first-order chi connectivity index (χ1) is 8.88. The van der Waals surface area contributed by atoms with Crippen LogP contribution in [0.2, 0.25) is 0 Å². The predicted octanol–water partition coefficient (Wildman–Crippen LogP) is 4.05. The van der Waals surface area contributed by atoms with Gasteiger partial charge >= 0.3 is 6.18 Å². The number of aliphatic hydroxyl groups is 1. The Kier molecular flexibility index (Phi) is 4.19. The van der Waals surface area contributed by atoms with Crippen LogP contribution in [0.1, 0.15) is 37.3 Å². The zero-order valence-electron chi connectivity index (χ0n) is 11.0. The molecule has 0 heterocycles. The van der Waals surface area contributed by atoms with Gasteiger partial charge in [-0.05, 0) is 42.4 Å². The van der Waals surface area contributed by atoms with Crippen LogP contribution in [-0.4, -0.2) is 11.2 Å². The number of alkyl halides is 3. The predicted molar refractivity (Wildman–Crippen MR) is 67.7 cm³/mol. The Labute approximate surface area is 111 Å². The van der Waals surface area contributed by atoms with E-state index in [9.17, 15) is 18.3 Å². The van der Waals surface area contributed by atoms with E-state index in [0.29, 0.717) is 12.3 Å². The molecule has 0 bridgehead atoms. The molecule has 3 unspecified atom stereocenters. The molecule has 0 saturated heterocycles. The lowest BCUT2D eigenvalue weighted by Gasteiger charge is -2.22. The zero-order chi connectivity index (χ0) is 14.0. The van der Waals surface area contributed by atoms with Gasteiger partial charge in [-0.3, -0.25) is 0 Å². The number of hydrogen-bond donors (Lipinski definition) is 1. The van der Waals surface area contributed by atoms with Gasteiger partial charge < -0.3 is 5.11 Å². The maximum Gasteiger partial charge on any atom is 0.416 e. The van der Waals surface area contributed by atoms with Crippen LogP contribution in [0, 0.1) is 11.8 Å². The summed E-state index contributed by atoms with van der Waals surface area (Å²) in [5, 5.41) is 10.2. The molecule has 0 aromatic heterocycles. The largest absolute Gasteiger partial charge is 0.416 e. The van der Waals surface area contributed by atoms with Gasteiger partial charge in [-0.1, -0.05) is 31.9 Å². The molecule has 3 atom stereocenters. The van der Waals surface area contributed by atoms with Crippen molar-refractivity contribution in [2.75, 3.05) is 0 Å². The molecule has 1 saturated carbocycles. The topological polar surface area (TPSA) is 20.2 Å². The van der Waals surface area contributed by atoms with E-state index < -0.39 is 17.8 Å². The lowest BCUT2D eigenvalue weighted by Crippen LogP contribution is -2.24. The molecule has 0 amide bonds. The molecule has 19 heavy (non-hydrogen) atoms. The normalized spacial score (nSPS) is 25.5. The Morgan fingerprint density at radius 2 is 1.84 bits per heavy atom. The average molecular weight is 272 g/mol. The smallest absolute Gasteiger partial charge is 0.392 e. The van der Waals surface area contributed by atoms with Gasteiger partial charge in [0.25, 0.3) is 0 Å². The molecule has 1 N–H and O–H groups in total. The summed E-state index contributed by atoms with van der Waals surface area (Å²) in [4.78, 5) is 0. The molecule has 0 radical (unpaired) electrons. The second kappa shape index (κ2) is 5.53. The maximum atomic E-state index is 12.4. The van der Waals surface area contributed by atoms with Gasteiger partial charge in [0.1, 0.15) is 0 Å². The minimum absolute atomic E-state index is 0.280. The second-order valence-corrected chi connectivity index (χ2v) is 5.54. The highest BCUT2D eigenvalue weighted by molar-refractivity contribution is 5.25. The number of rotatable bonds is 3. The van der Waals surface area contributed by atoms with E-state index in [1.165, 1.54) is 12.1 Å². The van der Waals surface area contributed by atoms with Gasteiger partial charge in [-0.2, -0.15) is 13.2 Å². The zero-order valence-corrected chi connectivity index (χ0v) is 11.0. The molecule has 1 aromatic carbocycles. The van der Waals surface area contributed by atoms with Gasteiger partial charge in [0.15, 0.2) is 0 Å². The molecule has 0 spiro atoms. The van der Waals surface area contributed by atoms with Crippen LogP contribution in [0.5, 0.6) is 0 Å². The van der Waals surface area contributed by atoms with E-state index in [1.807, 2.05) is 0 Å². The Balaban J connectivity index is 1.99. The molecule has 1 nitrogen and oxygen atoms in total. The SMILES string of the molecule is CC1CCCC1C(O)Cc1ccc(C(F)(F)F)cc1. The summed E-state index contributed by atoms with van der Waals surface area (Å²) >= 11 is 0. The summed E-state index contributed by atoms with van der Waals surface area (Å²) in [6.07, 6.45) is -1.02. The Morgan fingerprint density at radius 3 is 2.32 bits per heavy atom. The molecular formula is C15H19F3O. The van der Waals surface area contributed by atoms with Crippen LogP contribution in [0.3, 0.4) is 0 Å². The van der Waals surface area contributed by atoms with Crippen molar-refractivity contribution in [2.45, 2.75) is 44.9 Å². The van der Waals surface area contributed by atoms with Crippen molar-refractivity contribution in [1.29, 1.82) is 0 Å². The first-order valence-electron chi connectivity index (χ1n) is 6.72. The Hall–Kier alpha value is -1.03. The third kappa shape index (κ3) is 3.50. The highest BCUT2D eigenvalue weighted by atomic mass is 19.4. The van der Waals surface area contributed by atoms with Gasteiger partial charge in [-0.25, -0.2) is 0 Å². The van der Waals surface area contributed by atoms with Gasteiger partial charge in [-0.15, -0.1) is 0 Å². The number of hydrogen-bond acceptors (Lipinski definition) is 1. The number of halogens is 3. The van der Waals surface area contributed by atoms with E-state index in [1.54, 1.807) is 0 Å². The number of aliphatic hydroxyl groups excluding tert-OH is 1. The van der Waals surface area contributed by atoms with E-state index in [2.05, 4.69) is 6.92 Å². The lowest BCUT2D eigenvalue weighted by atomic mass is 9.88. The highest BCUT2D eigenvalue weighted by Gasteiger charge is 2.31. The van der Waals surface area contributed by atoms with Gasteiger partial charge in [0.05, 0.1) is 11.7 Å². The van der Waals surface area contributed by atoms with Crippen molar-refractivity contribution >= 4 is 0 Å². The van der Waals surface area contributed by atoms with Crippen LogP contribution >= 0.6 is 0 Å². The minimum atomic E-state index is -4.29. The van der Waals surface area contributed by atoms with Crippen LogP contribution in [-0.2, 0) is 12.6 Å². The fourth-order valence-corrected chi connectivity index (χ4v) is 2.97.